The van der Waals surface area contributed by atoms with Gasteiger partial charge in [0.2, 0.25) is 0 Å². The third-order valence-electron chi connectivity index (χ3n) is 14.8. The number of carbonyl (C=O) groups is 3. The molecule has 3 fully saturated rings. The van der Waals surface area contributed by atoms with Crippen LogP contribution in [0, 0.1) is 11.8 Å². The van der Waals surface area contributed by atoms with E-state index in [-0.39, 0.29) is 17.9 Å². The van der Waals surface area contributed by atoms with Gasteiger partial charge in [-0.05, 0) is 224 Å². The van der Waals surface area contributed by atoms with Crippen molar-refractivity contribution in [1.82, 2.24) is 0 Å². The molecule has 0 aromatic rings. The zero-order valence-electron chi connectivity index (χ0n) is 62.1. The molecule has 2 saturated carbocycles. The first kappa shape index (κ1) is 95.3. The molecule has 23 heteroatoms. The Morgan fingerprint density at radius 3 is 1.09 bits per heavy atom. The first-order valence-electron chi connectivity index (χ1n) is 32.7. The van der Waals surface area contributed by atoms with Gasteiger partial charge in [-0.25, -0.2) is 14.4 Å². The lowest BCUT2D eigenvalue weighted by Crippen LogP contribution is -2.33. The molecule has 0 spiro atoms. The summed E-state index contributed by atoms with van der Waals surface area (Å²) in [6, 6.07) is 8.51. The van der Waals surface area contributed by atoms with Crippen molar-refractivity contribution < 1.29 is 68.7 Å². The lowest BCUT2D eigenvalue weighted by molar-refractivity contribution is -0.139. The zero-order valence-corrected chi connectivity index (χ0v) is 70.1. The highest BCUT2D eigenvalue weighted by Crippen LogP contribution is 2.35. The summed E-state index contributed by atoms with van der Waals surface area (Å²) < 4.78 is 63.3. The maximum Gasteiger partial charge on any atom is 0.333 e. The monoisotopic (exact) mass is 1390 g/mol. The standard InChI is InChI=1S/C10H20O3Si.C10H22O2Si.C10H22OSi.C9H18O3Si.C8H18O2Si.C8H14O2.C6H16OSi2.C4H12OSi/c1-9(2)10(11)13-7-6-8-14(4,5)12-3;1-11-13(2,3)8-4-7-12-9-10-5-6-10;1-11-12(2,3)9-5-4-6-10-7-8-10;1-5-9(10)12-7-6-8-13(3,4)11-2;1-5-10-7-6-8-11(3,4)9-2;1-4-5-6-10-8(9)7(2)3;1-8(2)5-6-9(3,4)7-8;1-5-6(2,3)4/h1,6-8H2,2-5H3;10H,4-9H2,1-3H3;10H,4-9H2,1-3H3;5H,1,6-8H2,2-4H3;5H,1,6-8H2,2-4H3;2,4-6H2,1,3H3;5-6H2,1-4H3;1-4H3. The van der Waals surface area contributed by atoms with Crippen molar-refractivity contribution >= 4 is 84.4 Å². The second-order valence-electron chi connectivity index (χ2n) is 28.5. The summed E-state index contributed by atoms with van der Waals surface area (Å²) in [4.78, 5) is 32.3. The lowest BCUT2D eigenvalue weighted by atomic mass is 10.2. The Hall–Kier alpha value is -1.41. The van der Waals surface area contributed by atoms with Crippen LogP contribution in [-0.4, -0.2) is 167 Å². The van der Waals surface area contributed by atoms with Crippen molar-refractivity contribution in [2.24, 2.45) is 11.8 Å². The molecule has 0 atom stereocenters. The van der Waals surface area contributed by atoms with Gasteiger partial charge in [0.1, 0.15) is 0 Å². The molecule has 15 nitrogen and oxygen atoms in total. The molecule has 1 saturated heterocycles. The number of ether oxygens (including phenoxy) is 5. The van der Waals surface area contributed by atoms with E-state index in [1.807, 2.05) is 14.2 Å². The molecule has 0 aromatic heterocycles. The zero-order chi connectivity index (χ0) is 69.3. The number of esters is 3. The van der Waals surface area contributed by atoms with Crippen molar-refractivity contribution in [3.8, 4) is 0 Å². The molecular formula is C65H142O15Si8. The number of hydrogen-bond acceptors (Lipinski definition) is 15. The Morgan fingerprint density at radius 1 is 0.477 bits per heavy atom. The maximum atomic E-state index is 11.0. The van der Waals surface area contributed by atoms with E-state index in [0.717, 1.165) is 81.9 Å². The molecule has 0 aromatic carbocycles. The predicted molar refractivity (Wildman–Crippen MR) is 395 cm³/mol. The number of rotatable bonds is 36. The number of unbranched alkanes of at least 4 members (excludes halogenated alkanes) is 2. The van der Waals surface area contributed by atoms with E-state index in [1.54, 1.807) is 42.3 Å². The highest BCUT2D eigenvalue weighted by molar-refractivity contribution is 6.89. The van der Waals surface area contributed by atoms with Crippen molar-refractivity contribution in [3.05, 3.63) is 49.8 Å². The molecule has 3 rings (SSSR count). The predicted octanol–water partition coefficient (Wildman–Crippen LogP) is 18.6. The van der Waals surface area contributed by atoms with Crippen molar-refractivity contribution in [2.75, 3.05) is 82.3 Å². The van der Waals surface area contributed by atoms with E-state index in [4.69, 9.17) is 54.4 Å². The molecule has 1 aliphatic heterocycles. The average Bonchev–Trinajstić information content (AvgIpc) is 4.34. The molecule has 0 N–H and O–H groups in total. The second-order valence-corrected chi connectivity index (χ2v) is 64.1. The van der Waals surface area contributed by atoms with Crippen molar-refractivity contribution in [1.29, 1.82) is 0 Å². The summed E-state index contributed by atoms with van der Waals surface area (Å²) in [6.07, 6.45) is 18.7. The number of hydrogen-bond donors (Lipinski definition) is 0. The summed E-state index contributed by atoms with van der Waals surface area (Å²) in [5.41, 5.74) is 0.921. The van der Waals surface area contributed by atoms with Gasteiger partial charge < -0.3 is 54.4 Å². The Kier molecular flexibility index (Phi) is 57.3. The minimum Gasteiger partial charge on any atom is -0.502 e. The summed E-state index contributed by atoms with van der Waals surface area (Å²) >= 11 is 0. The topological polar surface area (TPSA) is 162 Å². The smallest absolute Gasteiger partial charge is 0.333 e. The van der Waals surface area contributed by atoms with E-state index in [1.165, 1.54) is 87.9 Å². The van der Waals surface area contributed by atoms with Crippen LogP contribution >= 0.6 is 0 Å². The van der Waals surface area contributed by atoms with Crippen LogP contribution in [0.3, 0.4) is 0 Å². The van der Waals surface area contributed by atoms with Gasteiger partial charge in [0.05, 0.1) is 32.7 Å². The van der Waals surface area contributed by atoms with Crippen LogP contribution < -0.4 is 0 Å². The van der Waals surface area contributed by atoms with Crippen LogP contribution in [0.1, 0.15) is 104 Å². The molecule has 88 heavy (non-hydrogen) atoms. The Bertz CT molecular complexity index is 1800. The quantitative estimate of drug-likeness (QED) is 0.0145. The molecule has 0 radical (unpaired) electrons. The second kappa shape index (κ2) is 52.9. The molecular weight excluding hydrogens is 1250 g/mol. The van der Waals surface area contributed by atoms with Gasteiger partial charge in [0, 0.05) is 73.1 Å². The largest absolute Gasteiger partial charge is 0.502 e. The van der Waals surface area contributed by atoms with Gasteiger partial charge in [-0.15, -0.1) is 0 Å². The van der Waals surface area contributed by atoms with E-state index >= 15 is 0 Å². The number of carbonyl (C=O) groups excluding carboxylic acids is 3. The lowest BCUT2D eigenvalue weighted by Gasteiger charge is -2.21. The van der Waals surface area contributed by atoms with Crippen LogP contribution in [0.4, 0.5) is 0 Å². The minimum atomic E-state index is -1.49. The first-order valence-corrected chi connectivity index (χ1v) is 57.9. The van der Waals surface area contributed by atoms with E-state index in [2.05, 4.69) is 145 Å². The third kappa shape index (κ3) is 72.0. The molecule has 1 heterocycles. The fourth-order valence-corrected chi connectivity index (χ4v) is 24.8. The molecule has 0 unspecified atom stereocenters. The maximum absolute atomic E-state index is 11.0. The first-order chi connectivity index (χ1) is 40.5. The van der Waals surface area contributed by atoms with Gasteiger partial charge in [-0.3, -0.25) is 0 Å². The van der Waals surface area contributed by atoms with Crippen molar-refractivity contribution in [3.63, 3.8) is 0 Å². The molecule has 0 amide bonds. The summed E-state index contributed by atoms with van der Waals surface area (Å²) in [7, 11) is 0.526. The highest BCUT2D eigenvalue weighted by Gasteiger charge is 2.40. The van der Waals surface area contributed by atoms with Crippen LogP contribution in [0.15, 0.2) is 49.8 Å². The Morgan fingerprint density at radius 2 is 0.807 bits per heavy atom. The van der Waals surface area contributed by atoms with Crippen LogP contribution in [0.2, 0.25) is 154 Å². The highest BCUT2D eigenvalue weighted by atomic mass is 28.4. The Balaban J connectivity index is -0.000000301. The molecule has 524 valence electrons. The average molecular weight is 1390 g/mol. The van der Waals surface area contributed by atoms with Gasteiger partial charge in [-0.2, -0.15) is 0 Å². The van der Waals surface area contributed by atoms with Crippen molar-refractivity contribution in [2.45, 2.75) is 258 Å². The summed E-state index contributed by atoms with van der Waals surface area (Å²) in [5, 5.41) is 0. The molecule has 2 aliphatic carbocycles. The van der Waals surface area contributed by atoms with Gasteiger partial charge in [0.15, 0.2) is 66.5 Å². The van der Waals surface area contributed by atoms with Gasteiger partial charge in [-0.1, -0.05) is 71.8 Å². The molecule has 3 aliphatic rings. The van der Waals surface area contributed by atoms with Crippen LogP contribution in [0.5, 0.6) is 0 Å². The fraction of sp³-hybridized carbons (Fsp3) is 0.831. The van der Waals surface area contributed by atoms with Gasteiger partial charge >= 0.3 is 17.9 Å². The van der Waals surface area contributed by atoms with E-state index < -0.39 is 66.5 Å². The third-order valence-corrected chi connectivity index (χ3v) is 37.2. The SMILES string of the molecule is C=C(C)C(=O)OCCCC.C=C(C)C(=O)OCCC[Si](C)(C)OC.C=CC(=O)OCCC[Si](C)(C)OC.C=COCCC[Si](C)(C)OC.CO[Si](C)(C)C.CO[Si](C)(C)CCCCC1CC1.CO[Si](C)(C)CCCOCC1CC1.C[Si]1(C)CC[Si](C)(C)O1. The van der Waals surface area contributed by atoms with Crippen LogP contribution in [-0.2, 0) is 68.7 Å². The van der Waals surface area contributed by atoms with Gasteiger partial charge in [0.25, 0.3) is 0 Å². The van der Waals surface area contributed by atoms with E-state index in [0.29, 0.717) is 31.0 Å². The van der Waals surface area contributed by atoms with E-state index in [9.17, 15) is 14.4 Å². The van der Waals surface area contributed by atoms with Crippen LogP contribution in [0.25, 0.3) is 0 Å². The fourth-order valence-electron chi connectivity index (χ4n) is 7.10. The summed E-state index contributed by atoms with van der Waals surface area (Å²) in [5.74, 6) is 1.07. The molecule has 0 bridgehead atoms. The minimum absolute atomic E-state index is 0.284. The Labute approximate surface area is 551 Å². The normalized spacial score (nSPS) is 14.9. The summed E-state index contributed by atoms with van der Waals surface area (Å²) in [6.45, 7) is 61.2.